The lowest BCUT2D eigenvalue weighted by Gasteiger charge is -2.27. The number of carbonyl (C=O) groups excluding carboxylic acids is 2. The van der Waals surface area contributed by atoms with Crippen molar-refractivity contribution < 1.29 is 14.3 Å². The van der Waals surface area contributed by atoms with Gasteiger partial charge in [0, 0.05) is 24.7 Å². The van der Waals surface area contributed by atoms with Crippen LogP contribution < -0.4 is 16.1 Å². The third-order valence-electron chi connectivity index (χ3n) is 5.03. The molecule has 8 nitrogen and oxygen atoms in total. The van der Waals surface area contributed by atoms with Crippen molar-refractivity contribution in [1.82, 2.24) is 15.4 Å². The number of ether oxygens (including phenoxy) is 1. The SMILES string of the molecule is Cc1cnc2c(NC(=O)c3c(Cl)cccc3Cl)cccc2c1NC(=O)NN1CCOCC1. The van der Waals surface area contributed by atoms with Crippen molar-refractivity contribution in [3.63, 3.8) is 0 Å². The first-order chi connectivity index (χ1) is 15.4. The molecule has 1 fully saturated rings. The Morgan fingerprint density at radius 1 is 1.03 bits per heavy atom. The number of hydrogen-bond acceptors (Lipinski definition) is 5. The highest BCUT2D eigenvalue weighted by Gasteiger charge is 2.18. The van der Waals surface area contributed by atoms with Gasteiger partial charge in [-0.3, -0.25) is 15.2 Å². The minimum atomic E-state index is -0.449. The predicted octanol–water partition coefficient (Wildman–Crippen LogP) is 4.47. The summed E-state index contributed by atoms with van der Waals surface area (Å²) in [6.45, 7) is 4.21. The predicted molar refractivity (Wildman–Crippen MR) is 125 cm³/mol. The van der Waals surface area contributed by atoms with Crippen LogP contribution in [0.2, 0.25) is 10.0 Å². The number of anilines is 2. The van der Waals surface area contributed by atoms with Crippen LogP contribution in [0.1, 0.15) is 15.9 Å². The molecule has 10 heteroatoms. The maximum atomic E-state index is 12.8. The Bertz CT molecular complexity index is 1160. The van der Waals surface area contributed by atoms with E-state index in [2.05, 4.69) is 21.0 Å². The lowest BCUT2D eigenvalue weighted by Crippen LogP contribution is -2.49. The molecule has 166 valence electrons. The zero-order valence-corrected chi connectivity index (χ0v) is 18.8. The average molecular weight is 474 g/mol. The van der Waals surface area contributed by atoms with E-state index < -0.39 is 5.91 Å². The molecule has 1 aliphatic heterocycles. The van der Waals surface area contributed by atoms with Crippen LogP contribution in [0.15, 0.2) is 42.6 Å². The number of rotatable bonds is 4. The summed E-state index contributed by atoms with van der Waals surface area (Å²) in [5.74, 6) is -0.449. The molecule has 0 unspecified atom stereocenters. The van der Waals surface area contributed by atoms with Gasteiger partial charge in [0.1, 0.15) is 0 Å². The molecule has 0 aliphatic carbocycles. The van der Waals surface area contributed by atoms with Gasteiger partial charge in [0.05, 0.1) is 45.7 Å². The van der Waals surface area contributed by atoms with E-state index in [9.17, 15) is 9.59 Å². The second kappa shape index (κ2) is 9.70. The molecule has 3 aromatic rings. The topological polar surface area (TPSA) is 95.6 Å². The summed E-state index contributed by atoms with van der Waals surface area (Å²) in [5.41, 5.74) is 5.39. The first kappa shape index (κ1) is 22.3. The van der Waals surface area contributed by atoms with Crippen molar-refractivity contribution in [2.24, 2.45) is 0 Å². The molecule has 1 aromatic heterocycles. The fourth-order valence-corrected chi connectivity index (χ4v) is 4.02. The van der Waals surface area contributed by atoms with Crippen LogP contribution in [0.25, 0.3) is 10.9 Å². The van der Waals surface area contributed by atoms with Crippen molar-refractivity contribution in [3.05, 3.63) is 63.8 Å². The maximum absolute atomic E-state index is 12.8. The molecule has 2 heterocycles. The second-order valence-electron chi connectivity index (χ2n) is 7.23. The van der Waals surface area contributed by atoms with E-state index in [1.54, 1.807) is 41.5 Å². The van der Waals surface area contributed by atoms with E-state index >= 15 is 0 Å². The van der Waals surface area contributed by atoms with Crippen molar-refractivity contribution >= 4 is 57.4 Å². The zero-order valence-electron chi connectivity index (χ0n) is 17.2. The van der Waals surface area contributed by atoms with E-state index in [1.165, 1.54) is 0 Å². The highest BCUT2D eigenvalue weighted by Crippen LogP contribution is 2.31. The quantitative estimate of drug-likeness (QED) is 0.519. The van der Waals surface area contributed by atoms with E-state index in [0.717, 1.165) is 5.56 Å². The molecule has 0 bridgehead atoms. The highest BCUT2D eigenvalue weighted by molar-refractivity contribution is 6.40. The van der Waals surface area contributed by atoms with Crippen LogP contribution in [0.4, 0.5) is 16.2 Å². The summed E-state index contributed by atoms with van der Waals surface area (Å²) < 4.78 is 5.30. The van der Waals surface area contributed by atoms with Gasteiger partial charge in [-0.05, 0) is 30.7 Å². The summed E-state index contributed by atoms with van der Waals surface area (Å²) in [6.07, 6.45) is 1.64. The number of fused-ring (bicyclic) bond motifs is 1. The zero-order chi connectivity index (χ0) is 22.7. The van der Waals surface area contributed by atoms with Gasteiger partial charge in [-0.25, -0.2) is 9.80 Å². The van der Waals surface area contributed by atoms with E-state index in [4.69, 9.17) is 27.9 Å². The Hall–Kier alpha value is -2.91. The van der Waals surface area contributed by atoms with Gasteiger partial charge >= 0.3 is 6.03 Å². The highest BCUT2D eigenvalue weighted by atomic mass is 35.5. The minimum Gasteiger partial charge on any atom is -0.379 e. The van der Waals surface area contributed by atoms with Crippen LogP contribution >= 0.6 is 23.2 Å². The number of hydrazine groups is 1. The number of hydrogen-bond donors (Lipinski definition) is 3. The summed E-state index contributed by atoms with van der Waals surface area (Å²) >= 11 is 12.3. The number of amides is 3. The summed E-state index contributed by atoms with van der Waals surface area (Å²) in [7, 11) is 0. The Balaban J connectivity index is 1.61. The molecule has 1 saturated heterocycles. The number of halogens is 2. The molecule has 3 N–H and O–H groups in total. The number of para-hydroxylation sites is 1. The molecule has 3 amide bonds. The van der Waals surface area contributed by atoms with Gasteiger partial charge in [0.15, 0.2) is 0 Å². The van der Waals surface area contributed by atoms with E-state index in [0.29, 0.717) is 48.6 Å². The first-order valence-electron chi connectivity index (χ1n) is 9.98. The number of aromatic nitrogens is 1. The molecule has 4 rings (SSSR count). The fourth-order valence-electron chi connectivity index (χ4n) is 3.45. The largest absolute Gasteiger partial charge is 0.379 e. The van der Waals surface area contributed by atoms with Crippen LogP contribution in [0, 0.1) is 6.92 Å². The maximum Gasteiger partial charge on any atom is 0.333 e. The Morgan fingerprint density at radius 3 is 2.44 bits per heavy atom. The number of nitrogens with zero attached hydrogens (tertiary/aromatic N) is 2. The van der Waals surface area contributed by atoms with Gasteiger partial charge in [-0.2, -0.15) is 0 Å². The van der Waals surface area contributed by atoms with Crippen molar-refractivity contribution in [2.45, 2.75) is 6.92 Å². The van der Waals surface area contributed by atoms with E-state index in [-0.39, 0.29) is 21.6 Å². The van der Waals surface area contributed by atoms with Crippen molar-refractivity contribution in [3.8, 4) is 0 Å². The van der Waals surface area contributed by atoms with Crippen LogP contribution in [-0.2, 0) is 4.74 Å². The van der Waals surface area contributed by atoms with E-state index in [1.807, 2.05) is 13.0 Å². The standard InChI is InChI=1S/C22H21Cl2N5O3/c1-13-12-25-20-14(19(13)27-22(31)28-29-8-10-32-11-9-29)4-2-7-17(20)26-21(30)18-15(23)5-3-6-16(18)24/h2-7,12H,8-11H2,1H3,(H,26,30)(H2,25,27,28,31). The molecular weight excluding hydrogens is 453 g/mol. The average Bonchev–Trinajstić information content (AvgIpc) is 2.76. The summed E-state index contributed by atoms with van der Waals surface area (Å²) in [5, 5.41) is 8.72. The van der Waals surface area contributed by atoms with Crippen LogP contribution in [0.5, 0.6) is 0 Å². The molecule has 0 radical (unpaired) electrons. The molecule has 0 saturated carbocycles. The molecule has 2 aromatic carbocycles. The van der Waals surface area contributed by atoms with Crippen molar-refractivity contribution in [1.29, 1.82) is 0 Å². The number of carbonyl (C=O) groups is 2. The number of morpholine rings is 1. The Morgan fingerprint density at radius 2 is 1.72 bits per heavy atom. The van der Waals surface area contributed by atoms with Crippen LogP contribution in [0.3, 0.4) is 0 Å². The molecular formula is C22H21Cl2N5O3. The normalized spacial score (nSPS) is 14.2. The number of aryl methyl sites for hydroxylation is 1. The smallest absolute Gasteiger partial charge is 0.333 e. The minimum absolute atomic E-state index is 0.184. The third-order valence-corrected chi connectivity index (χ3v) is 5.66. The molecule has 0 atom stereocenters. The van der Waals surface area contributed by atoms with Gasteiger partial charge in [-0.15, -0.1) is 0 Å². The summed E-state index contributed by atoms with van der Waals surface area (Å²) in [6, 6.07) is 9.84. The van der Waals surface area contributed by atoms with Gasteiger partial charge in [0.25, 0.3) is 5.91 Å². The van der Waals surface area contributed by atoms with Crippen LogP contribution in [-0.4, -0.2) is 48.2 Å². The Kier molecular flexibility index (Phi) is 6.76. The number of benzene rings is 2. The Labute approximate surface area is 194 Å². The first-order valence-corrected chi connectivity index (χ1v) is 10.7. The lowest BCUT2D eigenvalue weighted by atomic mass is 10.1. The van der Waals surface area contributed by atoms with Crippen molar-refractivity contribution in [2.75, 3.05) is 36.9 Å². The molecule has 0 spiro atoms. The monoisotopic (exact) mass is 473 g/mol. The number of nitrogens with one attached hydrogen (secondary N) is 3. The second-order valence-corrected chi connectivity index (χ2v) is 8.05. The lowest BCUT2D eigenvalue weighted by molar-refractivity contribution is 0.0207. The number of pyridine rings is 1. The van der Waals surface area contributed by atoms with Gasteiger partial charge in [0.2, 0.25) is 0 Å². The number of urea groups is 1. The fraction of sp³-hybridized carbons (Fsp3) is 0.227. The molecule has 1 aliphatic rings. The third kappa shape index (κ3) is 4.78. The molecule has 32 heavy (non-hydrogen) atoms. The van der Waals surface area contributed by atoms with Gasteiger partial charge in [-0.1, -0.05) is 41.4 Å². The van der Waals surface area contributed by atoms with Gasteiger partial charge < -0.3 is 15.4 Å². The summed E-state index contributed by atoms with van der Waals surface area (Å²) in [4.78, 5) is 29.9.